The molecule has 1 fully saturated rings. The number of aromatic nitrogens is 3. The molecule has 0 atom stereocenters. The monoisotopic (exact) mass is 389 g/mol. The molecule has 2 aromatic rings. The van der Waals surface area contributed by atoms with Gasteiger partial charge in [0.25, 0.3) is 0 Å². The lowest BCUT2D eigenvalue weighted by Gasteiger charge is -2.22. The molecule has 8 nitrogen and oxygen atoms in total. The maximum Gasteiger partial charge on any atom is 0.354 e. The normalized spacial score (nSPS) is 17.2. The predicted molar refractivity (Wildman–Crippen MR) is 99.9 cm³/mol. The lowest BCUT2D eigenvalue weighted by atomic mass is 9.95. The number of nitrogens with one attached hydrogen (secondary N) is 1. The third kappa shape index (κ3) is 3.49. The molecule has 0 radical (unpaired) electrons. The maximum absolute atomic E-state index is 12.6. The number of hydrogen-bond acceptors (Lipinski definition) is 4. The second-order valence-electron chi connectivity index (χ2n) is 6.94. The highest BCUT2D eigenvalue weighted by Gasteiger charge is 2.33. The number of rotatable bonds is 4. The molecule has 1 saturated carbocycles. The molecule has 1 aromatic heterocycles. The van der Waals surface area contributed by atoms with Crippen LogP contribution in [0.5, 0.6) is 0 Å². The average Bonchev–Trinajstić information content (AvgIpc) is 3.13. The Hall–Kier alpha value is -2.61. The van der Waals surface area contributed by atoms with E-state index in [4.69, 9.17) is 11.6 Å². The predicted octanol–water partition coefficient (Wildman–Crippen LogP) is 2.14. The molecule has 2 aliphatic rings. The third-order valence-corrected chi connectivity index (χ3v) is 5.28. The highest BCUT2D eigenvalue weighted by molar-refractivity contribution is 6.30. The first-order chi connectivity index (χ1) is 13.0. The molecule has 1 aromatic carbocycles. The Labute approximate surface area is 160 Å². The fourth-order valence-corrected chi connectivity index (χ4v) is 3.78. The van der Waals surface area contributed by atoms with E-state index in [1.54, 1.807) is 24.3 Å². The van der Waals surface area contributed by atoms with E-state index in [2.05, 4.69) is 10.4 Å². The van der Waals surface area contributed by atoms with Gasteiger partial charge in [-0.3, -0.25) is 9.69 Å². The standard InChI is InChI=1S/C18H20ClN5O3/c19-12-6-8-14(9-7-12)22-10-15-21-23(18(27)24(15)17(22)26)11-16(25)20-13-4-2-1-3-5-13/h6-9,13H,1-5,10-11H2,(H,20,25). The highest BCUT2D eigenvalue weighted by atomic mass is 35.5. The third-order valence-electron chi connectivity index (χ3n) is 5.03. The zero-order chi connectivity index (χ0) is 19.0. The number of benzene rings is 1. The van der Waals surface area contributed by atoms with Crippen molar-refractivity contribution in [3.63, 3.8) is 0 Å². The van der Waals surface area contributed by atoms with Crippen LogP contribution in [0.4, 0.5) is 10.5 Å². The second kappa shape index (κ2) is 7.19. The first kappa shape index (κ1) is 17.8. The van der Waals surface area contributed by atoms with Gasteiger partial charge in [-0.1, -0.05) is 30.9 Å². The molecule has 4 rings (SSSR count). The number of anilines is 1. The number of carbonyl (C=O) groups is 2. The quantitative estimate of drug-likeness (QED) is 0.867. The van der Waals surface area contributed by atoms with Gasteiger partial charge in [0.15, 0.2) is 5.82 Å². The minimum absolute atomic E-state index is 0.165. The molecule has 0 unspecified atom stereocenters. The summed E-state index contributed by atoms with van der Waals surface area (Å²) in [6, 6.07) is 6.47. The van der Waals surface area contributed by atoms with Crippen molar-refractivity contribution in [1.82, 2.24) is 19.7 Å². The number of nitrogens with zero attached hydrogens (tertiary/aromatic N) is 4. The van der Waals surface area contributed by atoms with Gasteiger partial charge in [0.05, 0.1) is 6.54 Å². The fourth-order valence-electron chi connectivity index (χ4n) is 3.66. The van der Waals surface area contributed by atoms with E-state index in [1.165, 1.54) is 11.3 Å². The topological polar surface area (TPSA) is 89.2 Å². The van der Waals surface area contributed by atoms with Crippen LogP contribution in [0.1, 0.15) is 37.9 Å². The molecule has 2 amide bonds. The van der Waals surface area contributed by atoms with Crippen molar-refractivity contribution < 1.29 is 9.59 Å². The van der Waals surface area contributed by atoms with Crippen molar-refractivity contribution in [2.75, 3.05) is 4.90 Å². The minimum atomic E-state index is -0.592. The Morgan fingerprint density at radius 1 is 1.15 bits per heavy atom. The van der Waals surface area contributed by atoms with Crippen LogP contribution in [0.25, 0.3) is 0 Å². The molecule has 2 heterocycles. The lowest BCUT2D eigenvalue weighted by molar-refractivity contribution is -0.122. The van der Waals surface area contributed by atoms with Crippen LogP contribution in [-0.4, -0.2) is 32.3 Å². The molecule has 0 bridgehead atoms. The van der Waals surface area contributed by atoms with E-state index >= 15 is 0 Å². The van der Waals surface area contributed by atoms with Crippen LogP contribution < -0.4 is 15.9 Å². The van der Waals surface area contributed by atoms with Crippen LogP contribution >= 0.6 is 11.6 Å². The number of halogens is 1. The van der Waals surface area contributed by atoms with Gasteiger partial charge < -0.3 is 5.32 Å². The summed E-state index contributed by atoms with van der Waals surface area (Å²) < 4.78 is 2.08. The summed E-state index contributed by atoms with van der Waals surface area (Å²) in [6.45, 7) is -0.00346. The zero-order valence-electron chi connectivity index (χ0n) is 14.7. The summed E-state index contributed by atoms with van der Waals surface area (Å²) in [4.78, 5) is 38.8. The second-order valence-corrected chi connectivity index (χ2v) is 7.38. The summed E-state index contributed by atoms with van der Waals surface area (Å²) in [6.07, 6.45) is 5.35. The summed E-state index contributed by atoms with van der Waals surface area (Å²) >= 11 is 5.87. The Morgan fingerprint density at radius 2 is 1.85 bits per heavy atom. The molecule has 1 N–H and O–H groups in total. The minimum Gasteiger partial charge on any atom is -0.352 e. The van der Waals surface area contributed by atoms with Crippen molar-refractivity contribution in [2.45, 2.75) is 51.2 Å². The SMILES string of the molecule is O=C(Cn1nc2n(c1=O)C(=O)N(c1ccc(Cl)cc1)C2)NC1CCCCC1. The van der Waals surface area contributed by atoms with E-state index in [0.29, 0.717) is 16.5 Å². The molecule has 9 heteroatoms. The molecule has 0 saturated heterocycles. The molecule has 0 spiro atoms. The van der Waals surface area contributed by atoms with Crippen LogP contribution in [0.2, 0.25) is 5.02 Å². The smallest absolute Gasteiger partial charge is 0.352 e. The van der Waals surface area contributed by atoms with Crippen molar-refractivity contribution in [2.24, 2.45) is 0 Å². The van der Waals surface area contributed by atoms with Gasteiger partial charge in [0.2, 0.25) is 5.91 Å². The molecular weight excluding hydrogens is 370 g/mol. The number of carbonyl (C=O) groups excluding carboxylic acids is 2. The van der Waals surface area contributed by atoms with Gasteiger partial charge in [-0.05, 0) is 37.1 Å². The Kier molecular flexibility index (Phi) is 4.73. The molecule has 142 valence electrons. The summed E-state index contributed by atoms with van der Waals surface area (Å²) in [7, 11) is 0. The van der Waals surface area contributed by atoms with Gasteiger partial charge in [-0.2, -0.15) is 9.67 Å². The van der Waals surface area contributed by atoms with Gasteiger partial charge in [0.1, 0.15) is 6.54 Å². The summed E-state index contributed by atoms with van der Waals surface area (Å²) in [5.74, 6) is 0.0770. The first-order valence-corrected chi connectivity index (χ1v) is 9.46. The number of amides is 2. The van der Waals surface area contributed by atoms with Crippen LogP contribution in [0, 0.1) is 0 Å². The summed E-state index contributed by atoms with van der Waals surface area (Å²) in [5.41, 5.74) is 0.0427. The summed E-state index contributed by atoms with van der Waals surface area (Å²) in [5, 5.41) is 7.70. The van der Waals surface area contributed by atoms with E-state index < -0.39 is 11.7 Å². The van der Waals surface area contributed by atoms with Crippen LogP contribution in [0.15, 0.2) is 29.1 Å². The molecular formula is C18H20ClN5O3. The highest BCUT2D eigenvalue weighted by Crippen LogP contribution is 2.24. The Balaban J connectivity index is 1.47. The van der Waals surface area contributed by atoms with Gasteiger partial charge >= 0.3 is 11.7 Å². The molecule has 1 aliphatic heterocycles. The first-order valence-electron chi connectivity index (χ1n) is 9.08. The molecule has 1 aliphatic carbocycles. The lowest BCUT2D eigenvalue weighted by Crippen LogP contribution is -2.41. The average molecular weight is 390 g/mol. The number of fused-ring (bicyclic) bond motifs is 1. The van der Waals surface area contributed by atoms with Crippen molar-refractivity contribution >= 4 is 29.2 Å². The van der Waals surface area contributed by atoms with Gasteiger partial charge in [-0.25, -0.2) is 14.3 Å². The van der Waals surface area contributed by atoms with Gasteiger partial charge in [0, 0.05) is 16.8 Å². The van der Waals surface area contributed by atoms with Crippen LogP contribution in [0.3, 0.4) is 0 Å². The van der Waals surface area contributed by atoms with E-state index in [9.17, 15) is 14.4 Å². The molecule has 27 heavy (non-hydrogen) atoms. The van der Waals surface area contributed by atoms with Crippen molar-refractivity contribution in [1.29, 1.82) is 0 Å². The van der Waals surface area contributed by atoms with Crippen molar-refractivity contribution in [3.8, 4) is 0 Å². The van der Waals surface area contributed by atoms with Crippen molar-refractivity contribution in [3.05, 3.63) is 45.6 Å². The number of hydrogen-bond donors (Lipinski definition) is 1. The van der Waals surface area contributed by atoms with E-state index in [1.807, 2.05) is 0 Å². The zero-order valence-corrected chi connectivity index (χ0v) is 15.5. The largest absolute Gasteiger partial charge is 0.354 e. The van der Waals surface area contributed by atoms with Gasteiger partial charge in [-0.15, -0.1) is 0 Å². The van der Waals surface area contributed by atoms with Crippen LogP contribution in [-0.2, 0) is 17.9 Å². The Bertz CT molecular complexity index is 927. The maximum atomic E-state index is 12.6. The van der Waals surface area contributed by atoms with E-state index in [0.717, 1.165) is 34.9 Å². The van der Waals surface area contributed by atoms with E-state index in [-0.39, 0.29) is 25.0 Å². The fraction of sp³-hybridized carbons (Fsp3) is 0.444. The Morgan fingerprint density at radius 3 is 2.52 bits per heavy atom.